The van der Waals surface area contributed by atoms with E-state index in [2.05, 4.69) is 0 Å². The molecule has 0 heterocycles. The molecule has 1 amide bonds. The predicted octanol–water partition coefficient (Wildman–Crippen LogP) is 3.91. The van der Waals surface area contributed by atoms with Gasteiger partial charge in [0.2, 0.25) is 5.91 Å². The Morgan fingerprint density at radius 2 is 2.00 bits per heavy atom. The van der Waals surface area contributed by atoms with Gasteiger partial charge in [-0.05, 0) is 43.9 Å². The van der Waals surface area contributed by atoms with Crippen molar-refractivity contribution >= 4 is 12.0 Å². The number of hydrogen-bond donors (Lipinski definition) is 0. The smallest absolute Gasteiger partial charge is 0.406 e. The second kappa shape index (κ2) is 7.80. The van der Waals surface area contributed by atoms with Gasteiger partial charge in [0.05, 0.1) is 14.2 Å². The van der Waals surface area contributed by atoms with Crippen LogP contribution in [0.15, 0.2) is 24.3 Å². The van der Waals surface area contributed by atoms with Crippen molar-refractivity contribution in [2.45, 2.75) is 32.0 Å². The lowest BCUT2D eigenvalue weighted by Crippen LogP contribution is -2.44. The summed E-state index contributed by atoms with van der Waals surface area (Å²) >= 11 is 0. The number of halogens is 3. The predicted molar refractivity (Wildman–Crippen MR) is 88.5 cm³/mol. The van der Waals surface area contributed by atoms with Crippen molar-refractivity contribution in [3.05, 3.63) is 29.8 Å². The second-order valence-corrected chi connectivity index (χ2v) is 6.10. The van der Waals surface area contributed by atoms with Gasteiger partial charge in [-0.1, -0.05) is 0 Å². The van der Waals surface area contributed by atoms with Crippen LogP contribution in [0.1, 0.15) is 25.3 Å². The van der Waals surface area contributed by atoms with Crippen LogP contribution in [-0.2, 0) is 4.79 Å². The Labute approximate surface area is 145 Å². The molecule has 2 rings (SSSR count). The van der Waals surface area contributed by atoms with Crippen molar-refractivity contribution < 1.29 is 27.4 Å². The summed E-state index contributed by atoms with van der Waals surface area (Å²) in [6.07, 6.45) is -0.0827. The van der Waals surface area contributed by atoms with Gasteiger partial charge in [0.15, 0.2) is 0 Å². The van der Waals surface area contributed by atoms with E-state index in [4.69, 9.17) is 9.47 Å². The van der Waals surface area contributed by atoms with Crippen LogP contribution in [0.25, 0.3) is 6.08 Å². The van der Waals surface area contributed by atoms with E-state index in [0.717, 1.165) is 23.8 Å². The number of hydrogen-bond acceptors (Lipinski definition) is 3. The van der Waals surface area contributed by atoms with E-state index in [1.54, 1.807) is 25.1 Å². The summed E-state index contributed by atoms with van der Waals surface area (Å²) in [7, 11) is 2.99. The molecular weight excluding hydrogens is 335 g/mol. The number of benzene rings is 1. The van der Waals surface area contributed by atoms with Gasteiger partial charge in [-0.2, -0.15) is 13.2 Å². The zero-order valence-corrected chi connectivity index (χ0v) is 14.5. The van der Waals surface area contributed by atoms with Crippen molar-refractivity contribution in [1.82, 2.24) is 4.90 Å². The van der Waals surface area contributed by atoms with Crippen molar-refractivity contribution in [2.24, 2.45) is 5.92 Å². The maximum atomic E-state index is 12.8. The van der Waals surface area contributed by atoms with Crippen molar-refractivity contribution in [3.63, 3.8) is 0 Å². The summed E-state index contributed by atoms with van der Waals surface area (Å²) in [6.45, 7) is 0.427. The summed E-state index contributed by atoms with van der Waals surface area (Å²) in [5, 5.41) is 0. The number of methoxy groups -OCH3 is 2. The highest BCUT2D eigenvalue weighted by atomic mass is 19.4. The van der Waals surface area contributed by atoms with E-state index in [-0.39, 0.29) is 5.92 Å². The maximum absolute atomic E-state index is 12.8. The van der Waals surface area contributed by atoms with E-state index >= 15 is 0 Å². The van der Waals surface area contributed by atoms with Crippen LogP contribution in [0.4, 0.5) is 13.2 Å². The molecule has 1 aromatic carbocycles. The third kappa shape index (κ3) is 5.41. The van der Waals surface area contributed by atoms with E-state index < -0.39 is 24.7 Å². The van der Waals surface area contributed by atoms with Crippen LogP contribution in [-0.4, -0.2) is 43.8 Å². The fraction of sp³-hybridized carbons (Fsp3) is 0.500. The number of carbonyl (C=O) groups is 1. The van der Waals surface area contributed by atoms with E-state index in [1.807, 2.05) is 0 Å². The Morgan fingerprint density at radius 1 is 1.32 bits per heavy atom. The summed E-state index contributed by atoms with van der Waals surface area (Å²) < 4.78 is 48.8. The van der Waals surface area contributed by atoms with Crippen molar-refractivity contribution in [1.29, 1.82) is 0 Å². The molecule has 25 heavy (non-hydrogen) atoms. The van der Waals surface area contributed by atoms with Crippen LogP contribution < -0.4 is 9.47 Å². The first kappa shape index (κ1) is 19.1. The normalized spacial score (nSPS) is 15.9. The maximum Gasteiger partial charge on any atom is 0.406 e. The molecule has 4 nitrogen and oxygen atoms in total. The van der Waals surface area contributed by atoms with Crippen LogP contribution in [0.2, 0.25) is 0 Å². The SMILES string of the molecule is COc1ccc(/C=C/C(=O)N(CC(F)(F)F)[C@H](C)C2CC2)c(OC)c1. The highest BCUT2D eigenvalue weighted by molar-refractivity contribution is 5.92. The molecule has 0 aliphatic heterocycles. The van der Waals surface area contributed by atoms with Crippen molar-refractivity contribution in [3.8, 4) is 11.5 Å². The lowest BCUT2D eigenvalue weighted by Gasteiger charge is -2.29. The highest BCUT2D eigenvalue weighted by Crippen LogP contribution is 2.36. The first-order valence-electron chi connectivity index (χ1n) is 8.02. The minimum atomic E-state index is -4.43. The molecule has 0 aromatic heterocycles. The molecule has 1 aliphatic carbocycles. The summed E-state index contributed by atoms with van der Waals surface area (Å²) in [5.74, 6) is 0.548. The molecular formula is C18H22F3NO3. The Hall–Kier alpha value is -2.18. The topological polar surface area (TPSA) is 38.8 Å². The van der Waals surface area contributed by atoms with Crippen LogP contribution in [0.3, 0.4) is 0 Å². The van der Waals surface area contributed by atoms with Gasteiger partial charge in [0.25, 0.3) is 0 Å². The molecule has 1 aromatic rings. The first-order valence-corrected chi connectivity index (χ1v) is 8.02. The third-order valence-corrected chi connectivity index (χ3v) is 4.27. The quantitative estimate of drug-likeness (QED) is 0.695. The van der Waals surface area contributed by atoms with Gasteiger partial charge in [-0.25, -0.2) is 0 Å². The molecule has 1 atom stereocenters. The van der Waals surface area contributed by atoms with Crippen molar-refractivity contribution in [2.75, 3.05) is 20.8 Å². The minimum absolute atomic E-state index is 0.148. The van der Waals surface area contributed by atoms with E-state index in [0.29, 0.717) is 17.1 Å². The Bertz CT molecular complexity index is 639. The Kier molecular flexibility index (Phi) is 5.98. The number of alkyl halides is 3. The number of nitrogens with zero attached hydrogens (tertiary/aromatic N) is 1. The number of amides is 1. The monoisotopic (exact) mass is 357 g/mol. The summed E-state index contributed by atoms with van der Waals surface area (Å²) in [5.41, 5.74) is 0.586. The zero-order chi connectivity index (χ0) is 18.6. The summed E-state index contributed by atoms with van der Waals surface area (Å²) in [4.78, 5) is 13.3. The van der Waals surface area contributed by atoms with Gasteiger partial charge >= 0.3 is 6.18 Å². The zero-order valence-electron chi connectivity index (χ0n) is 14.5. The molecule has 0 spiro atoms. The van der Waals surface area contributed by atoms with Crippen LogP contribution in [0.5, 0.6) is 11.5 Å². The molecule has 0 saturated heterocycles. The van der Waals surface area contributed by atoms with Gasteiger partial charge in [-0.15, -0.1) is 0 Å². The van der Waals surface area contributed by atoms with Crippen LogP contribution >= 0.6 is 0 Å². The van der Waals surface area contributed by atoms with E-state index in [9.17, 15) is 18.0 Å². The van der Waals surface area contributed by atoms with E-state index in [1.165, 1.54) is 20.3 Å². The second-order valence-electron chi connectivity index (χ2n) is 6.10. The molecule has 0 radical (unpaired) electrons. The molecule has 1 fully saturated rings. The standard InChI is InChI=1S/C18H22F3NO3/c1-12(13-4-5-13)22(11-18(19,20)21)17(23)9-7-14-6-8-15(24-2)10-16(14)25-3/h6-10,12-13H,4-5,11H2,1-3H3/b9-7+/t12-/m1/s1. The number of carbonyl (C=O) groups excluding carboxylic acids is 1. The average Bonchev–Trinajstić information content (AvgIpc) is 3.41. The highest BCUT2D eigenvalue weighted by Gasteiger charge is 2.39. The Balaban J connectivity index is 2.17. The Morgan fingerprint density at radius 3 is 2.52 bits per heavy atom. The van der Waals surface area contributed by atoms with Gasteiger partial charge in [-0.3, -0.25) is 4.79 Å². The first-order chi connectivity index (χ1) is 11.7. The van der Waals surface area contributed by atoms with Crippen LogP contribution in [0, 0.1) is 5.92 Å². The molecule has 0 bridgehead atoms. The molecule has 0 unspecified atom stereocenters. The fourth-order valence-corrected chi connectivity index (χ4v) is 2.66. The average molecular weight is 357 g/mol. The lowest BCUT2D eigenvalue weighted by atomic mass is 10.1. The third-order valence-electron chi connectivity index (χ3n) is 4.27. The summed E-state index contributed by atoms with van der Waals surface area (Å²) in [6, 6.07) is 4.58. The molecule has 1 aliphatic rings. The van der Waals surface area contributed by atoms with Gasteiger partial charge in [0.1, 0.15) is 18.0 Å². The largest absolute Gasteiger partial charge is 0.497 e. The number of ether oxygens (including phenoxy) is 2. The fourth-order valence-electron chi connectivity index (χ4n) is 2.66. The minimum Gasteiger partial charge on any atom is -0.497 e. The molecule has 138 valence electrons. The molecule has 7 heteroatoms. The van der Waals surface area contributed by atoms with Gasteiger partial charge in [0, 0.05) is 23.7 Å². The molecule has 0 N–H and O–H groups in total. The van der Waals surface area contributed by atoms with Gasteiger partial charge < -0.3 is 14.4 Å². The lowest BCUT2D eigenvalue weighted by molar-refractivity contribution is -0.162. The molecule has 1 saturated carbocycles. The number of rotatable bonds is 7.